The molecule has 1 aliphatic rings. The number of nitrogens with zero attached hydrogens (tertiary/aromatic N) is 1. The second-order valence-electron chi connectivity index (χ2n) is 7.58. The van der Waals surface area contributed by atoms with E-state index >= 15 is 0 Å². The Balaban J connectivity index is 1.92. The van der Waals surface area contributed by atoms with Gasteiger partial charge in [-0.3, -0.25) is 19.3 Å². The minimum atomic E-state index is -1.10. The van der Waals surface area contributed by atoms with Gasteiger partial charge in [0, 0.05) is 6.54 Å². The number of urea groups is 1. The quantitative estimate of drug-likeness (QED) is 0.490. The van der Waals surface area contributed by atoms with Crippen molar-refractivity contribution in [3.63, 3.8) is 0 Å². The highest BCUT2D eigenvalue weighted by Crippen LogP contribution is 2.24. The molecule has 0 aromatic heterocycles. The maximum absolute atomic E-state index is 12.8. The summed E-state index contributed by atoms with van der Waals surface area (Å²) in [7, 11) is 1.59. The van der Waals surface area contributed by atoms with E-state index in [1.807, 2.05) is 31.2 Å². The highest BCUT2D eigenvalue weighted by molar-refractivity contribution is 6.09. The Hall–Kier alpha value is -3.10. The number of ether oxygens (including phenoxy) is 1. The average molecular weight is 418 g/mol. The summed E-state index contributed by atoms with van der Waals surface area (Å²) in [5, 5.41) is 7.88. The largest absolute Gasteiger partial charge is 0.497 e. The highest BCUT2D eigenvalue weighted by Gasteiger charge is 2.47. The Morgan fingerprint density at radius 3 is 2.50 bits per heavy atom. The first-order valence-electron chi connectivity index (χ1n) is 10.0. The van der Waals surface area contributed by atoms with E-state index in [0.717, 1.165) is 22.6 Å². The summed E-state index contributed by atoms with van der Waals surface area (Å²) in [6.45, 7) is 5.20. The molecular weight excluding hydrogens is 388 g/mol. The molecule has 1 heterocycles. The fraction of sp³-hybridized carbons (Fsp3) is 0.524. The molecule has 1 aliphatic heterocycles. The Bertz CT molecular complexity index is 795. The third-order valence-corrected chi connectivity index (χ3v) is 5.04. The van der Waals surface area contributed by atoms with Crippen LogP contribution in [0.1, 0.15) is 39.2 Å². The first kappa shape index (κ1) is 23.2. The third-order valence-electron chi connectivity index (χ3n) is 5.04. The summed E-state index contributed by atoms with van der Waals surface area (Å²) in [6, 6.07) is 6.10. The van der Waals surface area contributed by atoms with Crippen LogP contribution in [0.4, 0.5) is 4.79 Å². The fourth-order valence-corrected chi connectivity index (χ4v) is 3.14. The second kappa shape index (κ2) is 10.1. The molecule has 1 fully saturated rings. The van der Waals surface area contributed by atoms with Gasteiger partial charge in [0.2, 0.25) is 11.8 Å². The molecule has 1 aromatic carbocycles. The molecule has 1 aromatic rings. The number of aryl methyl sites for hydroxylation is 1. The van der Waals surface area contributed by atoms with E-state index in [2.05, 4.69) is 16.0 Å². The Morgan fingerprint density at radius 2 is 1.90 bits per heavy atom. The van der Waals surface area contributed by atoms with Crippen LogP contribution in [0.2, 0.25) is 0 Å². The Morgan fingerprint density at radius 1 is 1.23 bits per heavy atom. The zero-order valence-electron chi connectivity index (χ0n) is 17.9. The van der Waals surface area contributed by atoms with Crippen LogP contribution >= 0.6 is 0 Å². The molecule has 9 nitrogen and oxygen atoms in total. The van der Waals surface area contributed by atoms with Gasteiger partial charge in [-0.1, -0.05) is 19.1 Å². The number of amides is 5. The molecule has 0 aliphatic carbocycles. The topological polar surface area (TPSA) is 117 Å². The molecule has 3 N–H and O–H groups in total. The second-order valence-corrected chi connectivity index (χ2v) is 7.58. The van der Waals surface area contributed by atoms with E-state index in [9.17, 15) is 19.2 Å². The van der Waals surface area contributed by atoms with Crippen molar-refractivity contribution in [1.29, 1.82) is 0 Å². The molecule has 0 bridgehead atoms. The van der Waals surface area contributed by atoms with Gasteiger partial charge < -0.3 is 20.7 Å². The van der Waals surface area contributed by atoms with Gasteiger partial charge in [0.25, 0.3) is 5.91 Å². The minimum Gasteiger partial charge on any atom is -0.497 e. The number of benzene rings is 1. The summed E-state index contributed by atoms with van der Waals surface area (Å²) >= 11 is 0. The lowest BCUT2D eigenvalue weighted by molar-refractivity contribution is -0.135. The first-order valence-corrected chi connectivity index (χ1v) is 10.0. The van der Waals surface area contributed by atoms with E-state index in [4.69, 9.17) is 4.74 Å². The van der Waals surface area contributed by atoms with Gasteiger partial charge in [-0.15, -0.1) is 0 Å². The van der Waals surface area contributed by atoms with Gasteiger partial charge in [-0.2, -0.15) is 0 Å². The molecule has 0 spiro atoms. The van der Waals surface area contributed by atoms with Crippen LogP contribution in [-0.4, -0.2) is 60.4 Å². The number of hydrogen-bond donors (Lipinski definition) is 3. The van der Waals surface area contributed by atoms with Gasteiger partial charge in [0.1, 0.15) is 23.9 Å². The van der Waals surface area contributed by atoms with Crippen LogP contribution in [0.5, 0.6) is 5.75 Å². The van der Waals surface area contributed by atoms with Gasteiger partial charge in [0.05, 0.1) is 7.11 Å². The number of carbonyl (C=O) groups is 4. The average Bonchev–Trinajstić information content (AvgIpc) is 2.94. The fourth-order valence-electron chi connectivity index (χ4n) is 3.14. The van der Waals surface area contributed by atoms with Gasteiger partial charge >= 0.3 is 6.03 Å². The maximum atomic E-state index is 12.8. The van der Waals surface area contributed by atoms with Crippen molar-refractivity contribution in [1.82, 2.24) is 20.9 Å². The van der Waals surface area contributed by atoms with Crippen LogP contribution in [0.3, 0.4) is 0 Å². The van der Waals surface area contributed by atoms with Crippen LogP contribution in [0.15, 0.2) is 24.3 Å². The summed E-state index contributed by atoms with van der Waals surface area (Å²) in [5.41, 5.74) is -0.0938. The minimum absolute atomic E-state index is 0.313. The number of nitrogens with one attached hydrogen (secondary N) is 3. The van der Waals surface area contributed by atoms with Crippen molar-refractivity contribution in [2.45, 2.75) is 51.6 Å². The molecule has 0 radical (unpaired) electrons. The lowest BCUT2D eigenvalue weighted by Gasteiger charge is -2.22. The summed E-state index contributed by atoms with van der Waals surface area (Å²) < 4.78 is 5.13. The third kappa shape index (κ3) is 5.71. The monoisotopic (exact) mass is 418 g/mol. The summed E-state index contributed by atoms with van der Waals surface area (Å²) in [4.78, 5) is 50.1. The van der Waals surface area contributed by atoms with E-state index in [1.165, 1.54) is 0 Å². The van der Waals surface area contributed by atoms with Gasteiger partial charge in [-0.25, -0.2) is 4.79 Å². The van der Waals surface area contributed by atoms with E-state index in [1.54, 1.807) is 21.0 Å². The van der Waals surface area contributed by atoms with E-state index in [-0.39, 0.29) is 5.91 Å². The smallest absolute Gasteiger partial charge is 0.325 e. The number of carbonyl (C=O) groups excluding carboxylic acids is 4. The molecule has 9 heteroatoms. The number of imide groups is 1. The normalized spacial score (nSPS) is 19.3. The predicted octanol–water partition coefficient (Wildman–Crippen LogP) is 0.969. The summed E-state index contributed by atoms with van der Waals surface area (Å²) in [6.07, 6.45) is 1.74. The van der Waals surface area contributed by atoms with Gasteiger partial charge in [0.15, 0.2) is 0 Å². The van der Waals surface area contributed by atoms with Crippen molar-refractivity contribution < 1.29 is 23.9 Å². The molecule has 30 heavy (non-hydrogen) atoms. The highest BCUT2D eigenvalue weighted by atomic mass is 16.5. The van der Waals surface area contributed by atoms with Crippen molar-refractivity contribution in [2.24, 2.45) is 0 Å². The van der Waals surface area contributed by atoms with Crippen LogP contribution < -0.4 is 20.7 Å². The lowest BCUT2D eigenvalue weighted by Crippen LogP contribution is -2.49. The SMILES string of the molecule is CCCNC(=O)[C@H](C)NC(=O)CN1C(=O)N[C@@](C)(CCc2ccc(OC)cc2)C1=O. The molecule has 164 valence electrons. The molecule has 0 saturated carbocycles. The van der Waals surface area contributed by atoms with Crippen molar-refractivity contribution in [3.8, 4) is 5.75 Å². The lowest BCUT2D eigenvalue weighted by atomic mass is 9.93. The first-order chi connectivity index (χ1) is 14.2. The van der Waals surface area contributed by atoms with Gasteiger partial charge in [-0.05, 0) is 50.8 Å². The maximum Gasteiger partial charge on any atom is 0.325 e. The summed E-state index contributed by atoms with van der Waals surface area (Å²) in [5.74, 6) is -0.604. The standard InChI is InChI=1S/C21H30N4O5/c1-5-12-22-18(27)14(2)23-17(26)13-25-19(28)21(3,24-20(25)29)11-10-15-6-8-16(30-4)9-7-15/h6-9,14H,5,10-13H2,1-4H3,(H,22,27)(H,23,26)(H,24,29)/t14-,21-/m0/s1. The van der Waals surface area contributed by atoms with E-state index < -0.39 is 36.0 Å². The van der Waals surface area contributed by atoms with Crippen molar-refractivity contribution in [2.75, 3.05) is 20.2 Å². The number of hydrogen-bond acceptors (Lipinski definition) is 5. The molecule has 2 rings (SSSR count). The van der Waals surface area contributed by atoms with Crippen LogP contribution in [0, 0.1) is 0 Å². The molecule has 5 amide bonds. The zero-order chi connectivity index (χ0) is 22.3. The number of rotatable bonds is 10. The molecule has 0 unspecified atom stereocenters. The van der Waals surface area contributed by atoms with Crippen molar-refractivity contribution in [3.05, 3.63) is 29.8 Å². The molecular formula is C21H30N4O5. The molecule has 1 saturated heterocycles. The van der Waals surface area contributed by atoms with Crippen LogP contribution in [0.25, 0.3) is 0 Å². The van der Waals surface area contributed by atoms with E-state index in [0.29, 0.717) is 19.4 Å². The number of methoxy groups -OCH3 is 1. The Labute approximate surface area is 176 Å². The Kier molecular flexibility index (Phi) is 7.79. The molecule has 2 atom stereocenters. The van der Waals surface area contributed by atoms with Crippen LogP contribution in [-0.2, 0) is 20.8 Å². The van der Waals surface area contributed by atoms with Crippen molar-refractivity contribution >= 4 is 23.8 Å². The predicted molar refractivity (Wildman–Crippen MR) is 111 cm³/mol. The zero-order valence-corrected chi connectivity index (χ0v) is 17.9.